The van der Waals surface area contributed by atoms with E-state index >= 15 is 0 Å². The fraction of sp³-hybridized carbons (Fsp3) is 1.00. The molecule has 0 nitrogen and oxygen atoms in total. The van der Waals surface area contributed by atoms with Gasteiger partial charge in [-0.15, -0.1) is 0 Å². The zero-order valence-corrected chi connectivity index (χ0v) is 13.9. The average Bonchev–Trinajstić information content (AvgIpc) is 2.37. The van der Waals surface area contributed by atoms with Gasteiger partial charge in [-0.25, -0.2) is 0 Å². The Morgan fingerprint density at radius 2 is 0.938 bits per heavy atom. The van der Waals surface area contributed by atoms with Crippen LogP contribution in [0.2, 0.25) is 10.6 Å². The first-order valence-corrected chi connectivity index (χ1v) is 13.9. The quantitative estimate of drug-likeness (QED) is 0.511. The van der Waals surface area contributed by atoms with E-state index in [0.717, 1.165) is 38.1 Å². The van der Waals surface area contributed by atoms with Crippen molar-refractivity contribution in [3.8, 4) is 0 Å². The summed E-state index contributed by atoms with van der Waals surface area (Å²) in [7, 11) is 0. The van der Waals surface area contributed by atoms with Gasteiger partial charge in [-0.3, -0.25) is 0 Å². The van der Waals surface area contributed by atoms with Crippen LogP contribution in [0.5, 0.6) is 0 Å². The molecule has 2 aliphatic carbocycles. The first kappa shape index (κ1) is 13.5. The van der Waals surface area contributed by atoms with E-state index in [2.05, 4.69) is 0 Å². The van der Waals surface area contributed by atoms with Crippen LogP contribution in [0, 0.1) is 11.8 Å². The normalized spacial score (nSPS) is 24.8. The van der Waals surface area contributed by atoms with Crippen molar-refractivity contribution >= 4 is 26.3 Å². The molecular weight excluding hydrogens is 326 g/mol. The monoisotopic (exact) mass is 354 g/mol. The Morgan fingerprint density at radius 1 is 0.562 bits per heavy atom. The summed E-state index contributed by atoms with van der Waals surface area (Å²) in [5, 5.41) is 3.28. The Bertz CT molecular complexity index is 150. The Kier molecular flexibility index (Phi) is 6.90. The molecule has 0 saturated heterocycles. The summed E-state index contributed by atoms with van der Waals surface area (Å²) in [6.07, 6.45) is 15.5. The van der Waals surface area contributed by atoms with Crippen LogP contribution in [0.25, 0.3) is 0 Å². The summed E-state index contributed by atoms with van der Waals surface area (Å²) in [6, 6.07) is 0. The molecule has 94 valence electrons. The van der Waals surface area contributed by atoms with Gasteiger partial charge in [0, 0.05) is 0 Å². The maximum absolute atomic E-state index is 1.64. The Labute approximate surface area is 113 Å². The summed E-state index contributed by atoms with van der Waals surface area (Å²) in [4.78, 5) is 0. The molecule has 2 fully saturated rings. The van der Waals surface area contributed by atoms with Gasteiger partial charge in [0.1, 0.15) is 0 Å². The first-order valence-electron chi connectivity index (χ1n) is 7.19. The van der Waals surface area contributed by atoms with Gasteiger partial charge in [0.05, 0.1) is 0 Å². The molecule has 0 amide bonds. The molecule has 0 aromatic rings. The van der Waals surface area contributed by atoms with Crippen LogP contribution in [-0.4, -0.2) is 26.3 Å². The third-order valence-corrected chi connectivity index (χ3v) is 11.8. The van der Waals surface area contributed by atoms with Gasteiger partial charge >= 0.3 is 113 Å². The summed E-state index contributed by atoms with van der Waals surface area (Å²) in [5.41, 5.74) is 0. The van der Waals surface area contributed by atoms with E-state index in [0.29, 0.717) is 0 Å². The van der Waals surface area contributed by atoms with E-state index in [1.54, 1.807) is 36.3 Å². The molecule has 2 heteroatoms. The van der Waals surface area contributed by atoms with Crippen molar-refractivity contribution in [2.24, 2.45) is 11.8 Å². The third-order valence-electron chi connectivity index (χ3n) is 4.14. The minimum atomic E-state index is 1.05. The molecule has 0 spiro atoms. The van der Waals surface area contributed by atoms with Gasteiger partial charge in [0.2, 0.25) is 0 Å². The summed E-state index contributed by atoms with van der Waals surface area (Å²) < 4.78 is 0. The van der Waals surface area contributed by atoms with Crippen LogP contribution in [0.1, 0.15) is 64.2 Å². The molecule has 0 N–H and O–H groups in total. The molecule has 0 heterocycles. The second kappa shape index (κ2) is 8.20. The van der Waals surface area contributed by atoms with Crippen molar-refractivity contribution in [2.45, 2.75) is 74.8 Å². The predicted molar refractivity (Wildman–Crippen MR) is 74.3 cm³/mol. The second-order valence-electron chi connectivity index (χ2n) is 5.58. The SMILES string of the molecule is C1CCC(C[Se][Se]CC2CCCCC2)CC1. The molecule has 0 aromatic carbocycles. The van der Waals surface area contributed by atoms with E-state index in [4.69, 9.17) is 0 Å². The van der Waals surface area contributed by atoms with Crippen molar-refractivity contribution in [3.05, 3.63) is 0 Å². The molecule has 2 aliphatic rings. The summed E-state index contributed by atoms with van der Waals surface area (Å²) in [5.74, 6) is 2.31. The van der Waals surface area contributed by atoms with Crippen molar-refractivity contribution in [2.75, 3.05) is 0 Å². The van der Waals surface area contributed by atoms with E-state index in [9.17, 15) is 0 Å². The van der Waals surface area contributed by atoms with Crippen LogP contribution in [-0.2, 0) is 0 Å². The number of rotatable bonds is 5. The minimum absolute atomic E-state index is 1.05. The molecule has 16 heavy (non-hydrogen) atoms. The van der Waals surface area contributed by atoms with Crippen molar-refractivity contribution in [3.63, 3.8) is 0 Å². The number of hydrogen-bond acceptors (Lipinski definition) is 0. The Balaban J connectivity index is 1.47. The van der Waals surface area contributed by atoms with Gasteiger partial charge < -0.3 is 0 Å². The summed E-state index contributed by atoms with van der Waals surface area (Å²) in [6.45, 7) is 0. The second-order valence-corrected chi connectivity index (χ2v) is 13.1. The van der Waals surface area contributed by atoms with Crippen molar-refractivity contribution in [1.29, 1.82) is 0 Å². The van der Waals surface area contributed by atoms with E-state index in [1.807, 2.05) is 0 Å². The molecule has 2 rings (SSSR count). The summed E-state index contributed by atoms with van der Waals surface area (Å²) >= 11 is 2.10. The van der Waals surface area contributed by atoms with Crippen LogP contribution >= 0.6 is 0 Å². The fourth-order valence-corrected chi connectivity index (χ4v) is 11.9. The Hall–Kier alpha value is 1.04. The molecular formula is C14H26Se2. The molecule has 0 aromatic heterocycles. The van der Waals surface area contributed by atoms with Crippen molar-refractivity contribution in [1.82, 2.24) is 0 Å². The molecule has 0 bridgehead atoms. The van der Waals surface area contributed by atoms with E-state index in [-0.39, 0.29) is 0 Å². The van der Waals surface area contributed by atoms with Gasteiger partial charge in [-0.2, -0.15) is 0 Å². The zero-order valence-electron chi connectivity index (χ0n) is 10.5. The van der Waals surface area contributed by atoms with Gasteiger partial charge in [0.25, 0.3) is 0 Å². The molecule has 0 radical (unpaired) electrons. The standard InChI is InChI=1S/C14H26Se2/c1-3-7-13(8-4-1)11-15-16-12-14-9-5-2-6-10-14/h13-14H,1-12H2. The first-order chi connectivity index (χ1) is 7.95. The van der Waals surface area contributed by atoms with Gasteiger partial charge in [-0.05, 0) is 0 Å². The average molecular weight is 352 g/mol. The molecule has 0 unspecified atom stereocenters. The van der Waals surface area contributed by atoms with E-state index in [1.165, 1.54) is 38.5 Å². The predicted octanol–water partition coefficient (Wildman–Crippen LogP) is 4.31. The van der Waals surface area contributed by atoms with Crippen LogP contribution in [0.4, 0.5) is 0 Å². The van der Waals surface area contributed by atoms with Crippen LogP contribution in [0.15, 0.2) is 0 Å². The van der Waals surface area contributed by atoms with Gasteiger partial charge in [-0.1, -0.05) is 0 Å². The number of hydrogen-bond donors (Lipinski definition) is 0. The molecule has 0 aliphatic heterocycles. The topological polar surface area (TPSA) is 0 Å². The maximum atomic E-state index is 1.64. The Morgan fingerprint density at radius 3 is 1.31 bits per heavy atom. The van der Waals surface area contributed by atoms with E-state index < -0.39 is 0 Å². The zero-order chi connectivity index (χ0) is 11.1. The third kappa shape index (κ3) is 5.13. The van der Waals surface area contributed by atoms with Gasteiger partial charge in [0.15, 0.2) is 0 Å². The van der Waals surface area contributed by atoms with Crippen LogP contribution in [0.3, 0.4) is 0 Å². The fourth-order valence-electron chi connectivity index (χ4n) is 3.00. The van der Waals surface area contributed by atoms with Crippen molar-refractivity contribution < 1.29 is 0 Å². The molecule has 0 atom stereocenters. The molecule has 2 saturated carbocycles. The van der Waals surface area contributed by atoms with Crippen LogP contribution < -0.4 is 0 Å².